The van der Waals surface area contributed by atoms with Crippen LogP contribution in [0.2, 0.25) is 0 Å². The highest BCUT2D eigenvalue weighted by molar-refractivity contribution is 7.89. The van der Waals surface area contributed by atoms with Crippen LogP contribution in [-0.2, 0) is 24.4 Å². The number of rotatable bonds is 15. The summed E-state index contributed by atoms with van der Waals surface area (Å²) in [7, 11) is -2.59. The highest BCUT2D eigenvalue weighted by Gasteiger charge is 2.30. The van der Waals surface area contributed by atoms with E-state index in [2.05, 4.69) is 31.0 Å². The third-order valence-electron chi connectivity index (χ3n) is 8.94. The number of nitrogens with one attached hydrogen (secondary N) is 4. The Kier molecular flexibility index (Phi) is 14.0. The predicted octanol–water partition coefficient (Wildman–Crippen LogP) is 2.54. The predicted molar refractivity (Wildman–Crippen MR) is 213 cm³/mol. The Bertz CT molecular complexity index is 2590. The fraction of sp³-hybridized carbons (Fsp3) is 0.216. The van der Waals surface area contributed by atoms with E-state index in [1.54, 1.807) is 12.1 Å². The minimum Gasteiger partial charge on any atom is -0.494 e. The molecular weight excluding hydrogens is 834 g/mol. The summed E-state index contributed by atoms with van der Waals surface area (Å²) in [6.07, 6.45) is -2.94. The van der Waals surface area contributed by atoms with Crippen molar-refractivity contribution in [3.8, 4) is 22.7 Å². The summed E-state index contributed by atoms with van der Waals surface area (Å²) in [5.41, 5.74) is 6.05. The van der Waals surface area contributed by atoms with E-state index in [-0.39, 0.29) is 46.5 Å². The average molecular weight is 871 g/mol. The standard InChI is InChI=1S/C20H23N7O7.C17H14F3N3O3S/c21-20-25-16-15(18(32)26-20)27(9-28)12(8-23-16)7-22-11-3-1-10(2-4-11)17(31)24-13(19(33)34)5-6-14(29)30;1-26-16-7-2-10(8-13(16)18)15-9-14(17(19)20)22-23(15)11-3-5-12(6-4-11)27(21,24)25/h1-4,9,12-13,22H,5-8H2,(H,24,31)(H,29,30)(H,33,34)(H4,21,23,25,26,32);2-9,17H,1H3,(H2,21,24,25)/t12?,13-;/m0./s1. The molecule has 10 N–H and O–H groups in total. The molecule has 322 valence electrons. The number of amides is 2. The number of carboxylic acid groups (broad SMARTS) is 2. The normalized spacial score (nSPS) is 13.8. The van der Waals surface area contributed by atoms with Crippen LogP contribution in [0, 0.1) is 5.82 Å². The number of nitrogen functional groups attached to an aromatic ring is 1. The first-order valence-electron chi connectivity index (χ1n) is 17.7. The molecule has 2 amide bonds. The van der Waals surface area contributed by atoms with Crippen LogP contribution in [0.3, 0.4) is 0 Å². The number of alkyl halides is 2. The van der Waals surface area contributed by atoms with Crippen LogP contribution in [0.5, 0.6) is 5.75 Å². The summed E-state index contributed by atoms with van der Waals surface area (Å²) in [6, 6.07) is 14.7. The second-order valence-electron chi connectivity index (χ2n) is 13.0. The topological polar surface area (TPSA) is 307 Å². The molecular formula is C37H37F3N10O10S. The Morgan fingerprint density at radius 1 is 1.07 bits per heavy atom. The van der Waals surface area contributed by atoms with Crippen LogP contribution >= 0.6 is 0 Å². The van der Waals surface area contributed by atoms with Crippen LogP contribution < -0.4 is 42.0 Å². The molecule has 20 nitrogen and oxygen atoms in total. The summed E-state index contributed by atoms with van der Waals surface area (Å²) in [5, 5.41) is 35.2. The Morgan fingerprint density at radius 2 is 1.75 bits per heavy atom. The molecule has 0 fully saturated rings. The zero-order valence-corrected chi connectivity index (χ0v) is 32.5. The number of sulfonamides is 1. The lowest BCUT2D eigenvalue weighted by Crippen LogP contribution is -2.50. The summed E-state index contributed by atoms with van der Waals surface area (Å²) in [4.78, 5) is 65.5. The summed E-state index contributed by atoms with van der Waals surface area (Å²) in [6.45, 7) is 0.586. The van der Waals surface area contributed by atoms with Gasteiger partial charge in [0, 0.05) is 36.3 Å². The molecule has 1 aliphatic heterocycles. The first-order chi connectivity index (χ1) is 28.9. The lowest BCUT2D eigenvalue weighted by atomic mass is 10.1. The molecule has 0 spiro atoms. The number of fused-ring (bicyclic) bond motifs is 1. The molecule has 61 heavy (non-hydrogen) atoms. The Morgan fingerprint density at radius 3 is 2.33 bits per heavy atom. The van der Waals surface area contributed by atoms with Gasteiger partial charge < -0.3 is 46.5 Å². The second kappa shape index (κ2) is 19.1. The fourth-order valence-electron chi connectivity index (χ4n) is 5.92. The van der Waals surface area contributed by atoms with E-state index in [0.717, 1.165) is 12.1 Å². The molecule has 5 aromatic rings. The number of H-pyrrole nitrogens is 1. The van der Waals surface area contributed by atoms with Gasteiger partial charge in [0.15, 0.2) is 17.3 Å². The number of aromatic nitrogens is 4. The smallest absolute Gasteiger partial charge is 0.326 e. The van der Waals surface area contributed by atoms with Crippen molar-refractivity contribution < 1.29 is 55.7 Å². The van der Waals surface area contributed by atoms with Crippen LogP contribution in [0.15, 0.2) is 82.5 Å². The quantitative estimate of drug-likeness (QED) is 0.0701. The number of nitrogens with two attached hydrogens (primary N) is 2. The van der Waals surface area contributed by atoms with Crippen molar-refractivity contribution >= 4 is 57.4 Å². The molecule has 1 aliphatic rings. The van der Waals surface area contributed by atoms with Gasteiger partial charge in [0.1, 0.15) is 17.6 Å². The van der Waals surface area contributed by atoms with Crippen LogP contribution in [0.4, 0.5) is 36.3 Å². The van der Waals surface area contributed by atoms with Gasteiger partial charge in [-0.25, -0.2) is 36.2 Å². The number of nitrogens with zero attached hydrogens (tertiary/aromatic N) is 4. The molecule has 0 bridgehead atoms. The SMILES string of the molecule is COc1ccc(-c2cc(C(F)F)nn2-c2ccc(S(N)(=O)=O)cc2)cc1F.Nc1nc(=O)c2c([nH]1)NCC(CNc1ccc(C(=O)N[C@@H](CCC(=O)O)C(=O)O)cc1)N2C=O. The van der Waals surface area contributed by atoms with Crippen LogP contribution in [-0.4, -0.2) is 94.9 Å². The zero-order chi connectivity index (χ0) is 44.6. The van der Waals surface area contributed by atoms with E-state index in [9.17, 15) is 50.7 Å². The van der Waals surface area contributed by atoms with Gasteiger partial charge in [0.05, 0.1) is 29.4 Å². The second-order valence-corrected chi connectivity index (χ2v) is 14.6. The summed E-state index contributed by atoms with van der Waals surface area (Å²) >= 11 is 0. The number of carboxylic acids is 2. The van der Waals surface area contributed by atoms with Crippen molar-refractivity contribution in [1.82, 2.24) is 25.1 Å². The zero-order valence-electron chi connectivity index (χ0n) is 31.7. The Balaban J connectivity index is 0.000000237. The van der Waals surface area contributed by atoms with Gasteiger partial charge in [0.25, 0.3) is 12.3 Å². The van der Waals surface area contributed by atoms with E-state index in [1.807, 2.05) is 0 Å². The summed E-state index contributed by atoms with van der Waals surface area (Å²) < 4.78 is 69.1. The maximum absolute atomic E-state index is 14.0. The van der Waals surface area contributed by atoms with E-state index < -0.39 is 69.9 Å². The number of carbonyl (C=O) groups is 4. The molecule has 2 atom stereocenters. The molecule has 0 saturated heterocycles. The molecule has 0 saturated carbocycles. The summed E-state index contributed by atoms with van der Waals surface area (Å²) in [5.74, 6) is -3.56. The lowest BCUT2D eigenvalue weighted by molar-refractivity contribution is -0.140. The van der Waals surface area contributed by atoms with Gasteiger partial charge >= 0.3 is 17.5 Å². The molecule has 1 unspecified atom stereocenters. The van der Waals surface area contributed by atoms with Crippen molar-refractivity contribution in [3.05, 3.63) is 100 Å². The van der Waals surface area contributed by atoms with Gasteiger partial charge in [0.2, 0.25) is 22.4 Å². The maximum Gasteiger partial charge on any atom is 0.326 e. The number of aromatic amines is 1. The van der Waals surface area contributed by atoms with Crippen molar-refractivity contribution in [1.29, 1.82) is 0 Å². The van der Waals surface area contributed by atoms with Gasteiger partial charge in [-0.15, -0.1) is 0 Å². The number of carbonyl (C=O) groups excluding carboxylic acids is 2. The number of aliphatic carboxylic acids is 2. The molecule has 0 aliphatic carbocycles. The average Bonchev–Trinajstić information content (AvgIpc) is 3.67. The van der Waals surface area contributed by atoms with E-state index in [1.165, 1.54) is 65.2 Å². The number of primary sulfonamides is 1. The molecule has 0 radical (unpaired) electrons. The molecule has 3 aromatic carbocycles. The number of hydrogen-bond acceptors (Lipinski definition) is 13. The van der Waals surface area contributed by atoms with Crippen LogP contribution in [0.1, 0.15) is 35.3 Å². The number of halogens is 3. The van der Waals surface area contributed by atoms with E-state index in [0.29, 0.717) is 35.7 Å². The minimum atomic E-state index is -3.90. The van der Waals surface area contributed by atoms with E-state index >= 15 is 0 Å². The number of anilines is 4. The molecule has 24 heteroatoms. The minimum absolute atomic E-state index is 0.0106. The van der Waals surface area contributed by atoms with Gasteiger partial charge in [-0.2, -0.15) is 10.1 Å². The Hall–Kier alpha value is -7.47. The van der Waals surface area contributed by atoms with E-state index in [4.69, 9.17) is 20.7 Å². The van der Waals surface area contributed by atoms with Gasteiger partial charge in [-0.3, -0.25) is 19.2 Å². The first kappa shape index (κ1) is 44.6. The number of benzene rings is 3. The monoisotopic (exact) mass is 870 g/mol. The molecule has 2 aromatic heterocycles. The van der Waals surface area contributed by atoms with Crippen LogP contribution in [0.25, 0.3) is 16.9 Å². The van der Waals surface area contributed by atoms with Crippen molar-refractivity contribution in [2.45, 2.75) is 36.2 Å². The van der Waals surface area contributed by atoms with Gasteiger partial charge in [-0.1, -0.05) is 0 Å². The Labute approximate surface area is 343 Å². The highest BCUT2D eigenvalue weighted by atomic mass is 32.2. The number of methoxy groups -OCH3 is 1. The van der Waals surface area contributed by atoms with Crippen molar-refractivity contribution in [2.75, 3.05) is 41.5 Å². The number of hydrogen-bond donors (Lipinski definition) is 8. The third-order valence-corrected chi connectivity index (χ3v) is 9.87. The fourth-order valence-corrected chi connectivity index (χ4v) is 6.43. The van der Waals surface area contributed by atoms with Crippen molar-refractivity contribution in [3.63, 3.8) is 0 Å². The van der Waals surface area contributed by atoms with Crippen molar-refractivity contribution in [2.24, 2.45) is 5.14 Å². The molecule has 6 rings (SSSR count). The molecule has 3 heterocycles. The third kappa shape index (κ3) is 11.0. The lowest BCUT2D eigenvalue weighted by Gasteiger charge is -2.34. The number of ether oxygens (including phenoxy) is 1. The maximum atomic E-state index is 14.0. The largest absolute Gasteiger partial charge is 0.494 e. The first-order valence-corrected chi connectivity index (χ1v) is 19.3. The van der Waals surface area contributed by atoms with Gasteiger partial charge in [-0.05, 0) is 79.2 Å². The highest BCUT2D eigenvalue weighted by Crippen LogP contribution is 2.31.